The lowest BCUT2D eigenvalue weighted by molar-refractivity contribution is -0.118. The monoisotopic (exact) mass is 716 g/mol. The molecule has 52 heavy (non-hydrogen) atoms. The second-order valence-corrected chi connectivity index (χ2v) is 12.1. The summed E-state index contributed by atoms with van der Waals surface area (Å²) in [6.07, 6.45) is 1.17. The van der Waals surface area contributed by atoms with Crippen molar-refractivity contribution in [1.29, 1.82) is 0 Å². The van der Waals surface area contributed by atoms with Crippen LogP contribution in [0.4, 0.5) is 9.59 Å². The summed E-state index contributed by atoms with van der Waals surface area (Å²) in [4.78, 5) is 48.2. The van der Waals surface area contributed by atoms with Crippen LogP contribution >= 0.6 is 0 Å². The number of allylic oxidation sites excluding steroid dienone is 2. The highest BCUT2D eigenvalue weighted by Gasteiger charge is 2.29. The van der Waals surface area contributed by atoms with E-state index in [1.165, 1.54) is 20.1 Å². The van der Waals surface area contributed by atoms with Gasteiger partial charge in [0, 0.05) is 28.3 Å². The molecule has 3 aromatic rings. The normalized spacial score (nSPS) is 14.4. The summed E-state index contributed by atoms with van der Waals surface area (Å²) in [6, 6.07) is 19.5. The van der Waals surface area contributed by atoms with Gasteiger partial charge in [-0.25, -0.2) is 9.59 Å². The Hall–Kier alpha value is -5.82. The maximum absolute atomic E-state index is 12.3. The molecule has 2 aliphatic rings. The van der Waals surface area contributed by atoms with Crippen molar-refractivity contribution in [2.45, 2.75) is 65.3 Å². The van der Waals surface area contributed by atoms with E-state index in [-0.39, 0.29) is 60.9 Å². The number of amides is 2. The lowest BCUT2D eigenvalue weighted by Crippen LogP contribution is -2.39. The number of alkyl carbamates (subject to hydrolysis) is 2. The molecule has 0 aromatic heterocycles. The highest BCUT2D eigenvalue weighted by molar-refractivity contribution is 6.21. The highest BCUT2D eigenvalue weighted by Crippen LogP contribution is 2.42. The van der Waals surface area contributed by atoms with Gasteiger partial charge in [-0.15, -0.1) is 0 Å². The smallest absolute Gasteiger partial charge is 0.407 e. The SMILES string of the molecule is CC[C@H](Cc1cc2c(c(C)c1O)OCO2)NC(=O)OCc1ccccc1.COC1=C(C)C(=O)C(C[C@@H](CO)NC(=O)OCc2ccccc2)=CC1=O. The molecule has 2 amide bonds. The predicted molar refractivity (Wildman–Crippen MR) is 190 cm³/mol. The van der Waals surface area contributed by atoms with Crippen molar-refractivity contribution in [3.8, 4) is 17.2 Å². The fraction of sp³-hybridized carbons (Fsp3) is 0.333. The number of rotatable bonds is 13. The van der Waals surface area contributed by atoms with E-state index in [9.17, 15) is 29.4 Å². The number of ketones is 2. The van der Waals surface area contributed by atoms with E-state index in [1.807, 2.05) is 67.6 Å². The van der Waals surface area contributed by atoms with E-state index in [2.05, 4.69) is 10.6 Å². The summed E-state index contributed by atoms with van der Waals surface area (Å²) in [7, 11) is 1.32. The Balaban J connectivity index is 0.000000233. The molecular formula is C39H44N2O11. The zero-order valence-electron chi connectivity index (χ0n) is 29.6. The first-order valence-electron chi connectivity index (χ1n) is 16.7. The van der Waals surface area contributed by atoms with Crippen LogP contribution in [0.25, 0.3) is 0 Å². The van der Waals surface area contributed by atoms with Gasteiger partial charge in [0.25, 0.3) is 0 Å². The third-order valence-corrected chi connectivity index (χ3v) is 8.37. The number of aliphatic hydroxyl groups is 1. The van der Waals surface area contributed by atoms with Crippen LogP contribution in [-0.4, -0.2) is 66.6 Å². The first-order chi connectivity index (χ1) is 25.0. The molecule has 276 valence electrons. The zero-order valence-corrected chi connectivity index (χ0v) is 29.6. The molecule has 3 aromatic carbocycles. The van der Waals surface area contributed by atoms with E-state index in [0.717, 1.165) is 11.1 Å². The Morgan fingerprint density at radius 2 is 1.44 bits per heavy atom. The molecule has 0 fully saturated rings. The third-order valence-electron chi connectivity index (χ3n) is 8.37. The number of phenolic OH excluding ortho intramolecular Hbond substituents is 1. The minimum atomic E-state index is -0.752. The van der Waals surface area contributed by atoms with Crippen molar-refractivity contribution in [2.24, 2.45) is 0 Å². The van der Waals surface area contributed by atoms with Gasteiger partial charge >= 0.3 is 12.2 Å². The number of carbonyl (C=O) groups excluding carboxylic acids is 4. The van der Waals surface area contributed by atoms with Crippen LogP contribution in [0.15, 0.2) is 89.7 Å². The molecule has 0 saturated heterocycles. The number of hydrogen-bond acceptors (Lipinski definition) is 11. The van der Waals surface area contributed by atoms with Crippen molar-refractivity contribution < 1.29 is 53.1 Å². The van der Waals surface area contributed by atoms with E-state index < -0.39 is 30.6 Å². The number of fused-ring (bicyclic) bond motifs is 1. The van der Waals surface area contributed by atoms with E-state index in [1.54, 1.807) is 13.0 Å². The molecule has 1 aliphatic heterocycles. The first kappa shape index (κ1) is 39.0. The molecule has 0 unspecified atom stereocenters. The molecule has 0 spiro atoms. The highest BCUT2D eigenvalue weighted by atomic mass is 16.7. The number of benzene rings is 3. The molecule has 0 saturated carbocycles. The summed E-state index contributed by atoms with van der Waals surface area (Å²) in [6.45, 7) is 5.32. The number of phenols is 1. The lowest BCUT2D eigenvalue weighted by atomic mass is 9.91. The van der Waals surface area contributed by atoms with Gasteiger partial charge in [-0.05, 0) is 56.4 Å². The van der Waals surface area contributed by atoms with Crippen LogP contribution in [0.3, 0.4) is 0 Å². The van der Waals surface area contributed by atoms with Gasteiger partial charge in [-0.3, -0.25) is 9.59 Å². The number of methoxy groups -OCH3 is 1. The van der Waals surface area contributed by atoms with Gasteiger partial charge in [0.2, 0.25) is 12.6 Å². The molecular weight excluding hydrogens is 672 g/mol. The number of hydrogen-bond donors (Lipinski definition) is 4. The third kappa shape index (κ3) is 10.6. The summed E-state index contributed by atoms with van der Waals surface area (Å²) in [5.41, 5.74) is 3.53. The maximum Gasteiger partial charge on any atom is 0.407 e. The molecule has 0 radical (unpaired) electrons. The first-order valence-corrected chi connectivity index (χ1v) is 16.7. The van der Waals surface area contributed by atoms with Crippen LogP contribution in [-0.2, 0) is 43.4 Å². The van der Waals surface area contributed by atoms with E-state index in [0.29, 0.717) is 35.5 Å². The van der Waals surface area contributed by atoms with Crippen molar-refractivity contribution >= 4 is 23.8 Å². The standard InChI is InChI=1S/C20H23NO5.C19H21NO6/c1-3-16(21-20(23)24-11-14-7-5-4-6-8-14)9-15-10-17-19(26-12-25-17)13(2)18(15)22;1-12-17(23)14(9-16(22)18(12)25-2)8-15(10-21)20-19(24)26-11-13-6-4-3-5-7-13/h4-8,10,16,22H,3,9,11-12H2,1-2H3,(H,21,23);3-7,9,15,21H,8,10-11H2,1-2H3,(H,20,24)/t16-;15-/m10/s1. The molecule has 4 N–H and O–H groups in total. The van der Waals surface area contributed by atoms with Gasteiger partial charge in [-0.1, -0.05) is 67.6 Å². The number of ether oxygens (including phenoxy) is 5. The van der Waals surface area contributed by atoms with Crippen LogP contribution in [0.2, 0.25) is 0 Å². The Morgan fingerprint density at radius 1 is 0.865 bits per heavy atom. The number of Topliss-reactive ketones (excluding diaryl/α,β-unsaturated/α-hetero) is 1. The van der Waals surface area contributed by atoms with Gasteiger partial charge in [0.05, 0.1) is 19.8 Å². The minimum absolute atomic E-state index is 0.00882. The average molecular weight is 717 g/mol. The summed E-state index contributed by atoms with van der Waals surface area (Å²) in [5.74, 6) is 0.621. The van der Waals surface area contributed by atoms with Gasteiger partial charge in [0.15, 0.2) is 23.0 Å². The minimum Gasteiger partial charge on any atom is -0.507 e. The second kappa shape index (κ2) is 19.0. The number of aromatic hydroxyl groups is 1. The molecule has 13 heteroatoms. The Bertz CT molecular complexity index is 1790. The quantitative estimate of drug-likeness (QED) is 0.168. The van der Waals surface area contributed by atoms with E-state index in [4.69, 9.17) is 23.7 Å². The van der Waals surface area contributed by atoms with E-state index >= 15 is 0 Å². The van der Waals surface area contributed by atoms with Gasteiger partial charge in [-0.2, -0.15) is 0 Å². The fourth-order valence-electron chi connectivity index (χ4n) is 5.50. The zero-order chi connectivity index (χ0) is 37.6. The fourth-order valence-corrected chi connectivity index (χ4v) is 5.50. The van der Waals surface area contributed by atoms with Crippen molar-refractivity contribution in [2.75, 3.05) is 20.5 Å². The predicted octanol–water partition coefficient (Wildman–Crippen LogP) is 5.34. The molecule has 1 aliphatic carbocycles. The molecule has 5 rings (SSSR count). The van der Waals surface area contributed by atoms with Gasteiger partial charge in [0.1, 0.15) is 19.0 Å². The molecule has 1 heterocycles. The molecule has 13 nitrogen and oxygen atoms in total. The average Bonchev–Trinajstić information content (AvgIpc) is 3.63. The number of carbonyl (C=O) groups is 4. The summed E-state index contributed by atoms with van der Waals surface area (Å²) in [5, 5.41) is 25.2. The lowest BCUT2D eigenvalue weighted by Gasteiger charge is -2.20. The Morgan fingerprint density at radius 3 is 1.98 bits per heavy atom. The van der Waals surface area contributed by atoms with Gasteiger partial charge < -0.3 is 44.5 Å². The molecule has 2 atom stereocenters. The Kier molecular flexibility index (Phi) is 14.2. The Labute approximate surface area is 302 Å². The van der Waals surface area contributed by atoms with Crippen molar-refractivity contribution in [3.05, 3.63) is 112 Å². The van der Waals surface area contributed by atoms with Crippen LogP contribution in [0.1, 0.15) is 48.9 Å². The summed E-state index contributed by atoms with van der Waals surface area (Å²) < 4.78 is 26.1. The maximum atomic E-state index is 12.3. The number of aliphatic hydroxyl groups excluding tert-OH is 1. The molecule has 0 bridgehead atoms. The van der Waals surface area contributed by atoms with Crippen LogP contribution < -0.4 is 20.1 Å². The van der Waals surface area contributed by atoms with Crippen molar-refractivity contribution in [1.82, 2.24) is 10.6 Å². The van der Waals surface area contributed by atoms with Crippen LogP contribution in [0, 0.1) is 6.92 Å². The number of nitrogens with one attached hydrogen (secondary N) is 2. The second-order valence-electron chi connectivity index (χ2n) is 12.1. The largest absolute Gasteiger partial charge is 0.507 e. The van der Waals surface area contributed by atoms with Crippen LogP contribution in [0.5, 0.6) is 17.2 Å². The van der Waals surface area contributed by atoms with Crippen molar-refractivity contribution in [3.63, 3.8) is 0 Å². The summed E-state index contributed by atoms with van der Waals surface area (Å²) >= 11 is 0. The topological polar surface area (TPSA) is 179 Å².